The topological polar surface area (TPSA) is 51.0 Å². The molecule has 20 heavy (non-hydrogen) atoms. The average molecular weight is 294 g/mol. The van der Waals surface area contributed by atoms with Gasteiger partial charge in [-0.3, -0.25) is 0 Å². The molecule has 0 spiro atoms. The van der Waals surface area contributed by atoms with Gasteiger partial charge in [-0.2, -0.15) is 4.31 Å². The van der Waals surface area contributed by atoms with E-state index in [1.165, 1.54) is 10.6 Å². The van der Waals surface area contributed by atoms with Gasteiger partial charge in [0.05, 0.1) is 18.9 Å². The van der Waals surface area contributed by atoms with E-state index < -0.39 is 15.6 Å². The number of hydrogen-bond acceptors (Lipinski definition) is 3. The van der Waals surface area contributed by atoms with Gasteiger partial charge >= 0.3 is 0 Å². The molecule has 1 aliphatic heterocycles. The lowest BCUT2D eigenvalue weighted by Gasteiger charge is -2.40. The van der Waals surface area contributed by atoms with Crippen molar-refractivity contribution in [2.24, 2.45) is 0 Å². The van der Waals surface area contributed by atoms with Crippen molar-refractivity contribution in [2.75, 3.05) is 13.3 Å². The fourth-order valence-electron chi connectivity index (χ4n) is 2.43. The molecule has 6 heteroatoms. The van der Waals surface area contributed by atoms with Gasteiger partial charge in [0.1, 0.15) is 11.4 Å². The maximum absolute atomic E-state index is 11.8. The Morgan fingerprint density at radius 3 is 2.65 bits per heavy atom. The Balaban J connectivity index is 2.56. The van der Waals surface area contributed by atoms with E-state index in [0.717, 1.165) is 5.56 Å². The molecule has 1 aliphatic rings. The van der Waals surface area contributed by atoms with Crippen LogP contribution in [0.3, 0.4) is 0 Å². The van der Waals surface area contributed by atoms with Crippen molar-refractivity contribution in [3.05, 3.63) is 35.2 Å². The molecule has 0 saturated heterocycles. The molecule has 0 amide bonds. The highest BCUT2D eigenvalue weighted by Gasteiger charge is 2.38. The number of benzene rings is 1. The van der Waals surface area contributed by atoms with Gasteiger partial charge in [-0.25, -0.2) is 13.3 Å². The number of hydrogen-bond donors (Lipinski definition) is 0. The minimum Gasteiger partial charge on any atom is -0.488 e. The van der Waals surface area contributed by atoms with Gasteiger partial charge in [-0.15, -0.1) is 0 Å². The lowest BCUT2D eigenvalue weighted by atomic mass is 9.89. The van der Waals surface area contributed by atoms with Crippen LogP contribution < -0.4 is 4.74 Å². The van der Waals surface area contributed by atoms with Crippen LogP contribution in [0.25, 0.3) is 4.85 Å². The number of nitrogens with zero attached hydrogens (tertiary/aromatic N) is 2. The van der Waals surface area contributed by atoms with E-state index in [-0.39, 0.29) is 6.04 Å². The molecule has 0 aliphatic carbocycles. The first-order valence-electron chi connectivity index (χ1n) is 6.27. The summed E-state index contributed by atoms with van der Waals surface area (Å²) in [5, 5.41) is 0. The van der Waals surface area contributed by atoms with Crippen molar-refractivity contribution in [3.8, 4) is 5.75 Å². The van der Waals surface area contributed by atoms with Gasteiger partial charge in [-0.05, 0) is 26.0 Å². The van der Waals surface area contributed by atoms with E-state index in [4.69, 9.17) is 11.3 Å². The molecule has 2 rings (SSSR count). The number of fused-ring (bicyclic) bond motifs is 1. The quantitative estimate of drug-likeness (QED) is 0.788. The van der Waals surface area contributed by atoms with Gasteiger partial charge in [-0.1, -0.05) is 6.07 Å². The van der Waals surface area contributed by atoms with E-state index in [2.05, 4.69) is 4.85 Å². The molecular formula is C14H18N2O3S. The van der Waals surface area contributed by atoms with Gasteiger partial charge in [0.15, 0.2) is 5.69 Å². The summed E-state index contributed by atoms with van der Waals surface area (Å²) >= 11 is 0. The summed E-state index contributed by atoms with van der Waals surface area (Å²) in [6, 6.07) is 4.83. The second-order valence-corrected chi connectivity index (χ2v) is 7.74. The SMILES string of the molecule is [C-]#[N+]c1ccc2c(c1)C(N(C)S(C)(=O)=O)CC(C)(C)O2. The summed E-state index contributed by atoms with van der Waals surface area (Å²) in [6.07, 6.45) is 1.73. The highest BCUT2D eigenvalue weighted by molar-refractivity contribution is 7.88. The molecular weight excluding hydrogens is 276 g/mol. The van der Waals surface area contributed by atoms with Crippen LogP contribution in [0.5, 0.6) is 5.75 Å². The molecule has 0 aromatic heterocycles. The Morgan fingerprint density at radius 2 is 2.10 bits per heavy atom. The summed E-state index contributed by atoms with van der Waals surface area (Å²) in [6.45, 7) is 11.0. The Kier molecular flexibility index (Phi) is 3.53. The van der Waals surface area contributed by atoms with E-state index in [1.54, 1.807) is 25.2 Å². The van der Waals surface area contributed by atoms with Crippen LogP contribution in [0.1, 0.15) is 31.9 Å². The molecule has 0 fully saturated rings. The molecule has 1 atom stereocenters. The highest BCUT2D eigenvalue weighted by atomic mass is 32.2. The normalized spacial score (nSPS) is 20.9. The highest BCUT2D eigenvalue weighted by Crippen LogP contribution is 2.44. The van der Waals surface area contributed by atoms with Crippen LogP contribution in [0, 0.1) is 6.57 Å². The zero-order chi connectivity index (χ0) is 15.1. The van der Waals surface area contributed by atoms with Crippen LogP contribution in [0.4, 0.5) is 5.69 Å². The molecule has 1 aromatic carbocycles. The fourth-order valence-corrected chi connectivity index (χ4v) is 3.08. The molecule has 0 N–H and O–H groups in total. The van der Waals surface area contributed by atoms with Crippen molar-refractivity contribution < 1.29 is 13.2 Å². The first-order chi connectivity index (χ1) is 9.14. The van der Waals surface area contributed by atoms with Gasteiger partial charge < -0.3 is 4.74 Å². The van der Waals surface area contributed by atoms with Crippen LogP contribution in [0.2, 0.25) is 0 Å². The molecule has 0 saturated carbocycles. The van der Waals surface area contributed by atoms with Crippen LogP contribution in [-0.4, -0.2) is 31.6 Å². The van der Waals surface area contributed by atoms with Crippen LogP contribution in [-0.2, 0) is 10.0 Å². The maximum atomic E-state index is 11.8. The van der Waals surface area contributed by atoms with E-state index in [0.29, 0.717) is 17.9 Å². The Labute approximate surface area is 120 Å². The minimum atomic E-state index is -3.31. The largest absolute Gasteiger partial charge is 0.488 e. The zero-order valence-corrected chi connectivity index (χ0v) is 12.9. The van der Waals surface area contributed by atoms with Gasteiger partial charge in [0.2, 0.25) is 10.0 Å². The predicted octanol–water partition coefficient (Wildman–Crippen LogP) is 2.73. The first kappa shape index (κ1) is 14.8. The summed E-state index contributed by atoms with van der Waals surface area (Å²) in [5.41, 5.74) is 0.792. The molecule has 0 radical (unpaired) electrons. The van der Waals surface area contributed by atoms with Crippen LogP contribution in [0.15, 0.2) is 18.2 Å². The predicted molar refractivity (Wildman–Crippen MR) is 77.4 cm³/mol. The molecule has 1 heterocycles. The zero-order valence-electron chi connectivity index (χ0n) is 12.0. The molecule has 1 unspecified atom stereocenters. The standard InChI is InChI=1S/C14H18N2O3S/c1-14(2)9-12(16(4)20(5,17)18)11-8-10(15-3)6-7-13(11)19-14/h6-8,12H,9H2,1-2,4-5H3. The van der Waals surface area contributed by atoms with E-state index in [9.17, 15) is 8.42 Å². The summed E-state index contributed by atoms with van der Waals surface area (Å²) in [5.74, 6) is 0.647. The lowest BCUT2D eigenvalue weighted by molar-refractivity contribution is 0.0543. The summed E-state index contributed by atoms with van der Waals surface area (Å²) in [4.78, 5) is 3.40. The van der Waals surface area contributed by atoms with E-state index >= 15 is 0 Å². The maximum Gasteiger partial charge on any atom is 0.211 e. The van der Waals surface area contributed by atoms with Crippen LogP contribution >= 0.6 is 0 Å². The summed E-state index contributed by atoms with van der Waals surface area (Å²) < 4.78 is 30.9. The molecule has 108 valence electrons. The van der Waals surface area contributed by atoms with Crippen molar-refractivity contribution >= 4 is 15.7 Å². The number of sulfonamides is 1. The van der Waals surface area contributed by atoms with Crippen molar-refractivity contribution in [1.29, 1.82) is 0 Å². The Hall–Kier alpha value is -1.58. The number of rotatable bonds is 2. The third-order valence-corrected chi connectivity index (χ3v) is 4.82. The fraction of sp³-hybridized carbons (Fsp3) is 0.500. The van der Waals surface area contributed by atoms with Gasteiger partial charge in [0.25, 0.3) is 0 Å². The third kappa shape index (κ3) is 2.79. The van der Waals surface area contributed by atoms with Gasteiger partial charge in [0, 0.05) is 19.0 Å². The molecule has 0 bridgehead atoms. The minimum absolute atomic E-state index is 0.314. The monoisotopic (exact) mass is 294 g/mol. The lowest BCUT2D eigenvalue weighted by Crippen LogP contribution is -2.41. The van der Waals surface area contributed by atoms with Crippen molar-refractivity contribution in [3.63, 3.8) is 0 Å². The number of ether oxygens (including phenoxy) is 1. The second-order valence-electron chi connectivity index (χ2n) is 5.69. The summed E-state index contributed by atoms with van der Waals surface area (Å²) in [7, 11) is -1.75. The third-order valence-electron chi connectivity index (χ3n) is 3.51. The van der Waals surface area contributed by atoms with E-state index in [1.807, 2.05) is 13.8 Å². The second kappa shape index (κ2) is 4.76. The average Bonchev–Trinajstić information content (AvgIpc) is 2.34. The Morgan fingerprint density at radius 1 is 1.45 bits per heavy atom. The molecule has 5 nitrogen and oxygen atoms in total. The Bertz CT molecular complexity index is 674. The van der Waals surface area contributed by atoms with Crippen molar-refractivity contribution in [2.45, 2.75) is 31.9 Å². The van der Waals surface area contributed by atoms with Crippen molar-refractivity contribution in [1.82, 2.24) is 4.31 Å². The smallest absolute Gasteiger partial charge is 0.211 e. The molecule has 1 aromatic rings. The first-order valence-corrected chi connectivity index (χ1v) is 8.12.